The van der Waals surface area contributed by atoms with E-state index in [2.05, 4.69) is 26.3 Å². The number of carbonyl (C=O) groups excluding carboxylic acids is 1. The Morgan fingerprint density at radius 2 is 2.13 bits per heavy atom. The lowest BCUT2D eigenvalue weighted by molar-refractivity contribution is -0.121. The summed E-state index contributed by atoms with van der Waals surface area (Å²) in [5.41, 5.74) is 2.15. The Balaban J connectivity index is 1.45. The molecular weight excluding hydrogens is 288 g/mol. The van der Waals surface area contributed by atoms with E-state index in [9.17, 15) is 4.79 Å². The molecule has 1 amide bonds. The van der Waals surface area contributed by atoms with Crippen LogP contribution in [0.5, 0.6) is 0 Å². The van der Waals surface area contributed by atoms with Gasteiger partial charge in [-0.15, -0.1) is 0 Å². The number of piperidine rings is 1. The fourth-order valence-corrected chi connectivity index (χ4v) is 3.38. The number of carbonyl (C=O) groups is 1. The van der Waals surface area contributed by atoms with Gasteiger partial charge in [-0.3, -0.25) is 4.79 Å². The number of aryl methyl sites for hydroxylation is 1. The number of imidazole rings is 1. The first-order chi connectivity index (χ1) is 11.2. The van der Waals surface area contributed by atoms with Crippen molar-refractivity contribution in [3.63, 3.8) is 0 Å². The van der Waals surface area contributed by atoms with Crippen LogP contribution in [-0.4, -0.2) is 35.1 Å². The smallest absolute Gasteiger partial charge is 0.220 e. The van der Waals surface area contributed by atoms with E-state index in [1.807, 2.05) is 25.1 Å². The first-order valence-electron chi connectivity index (χ1n) is 8.63. The van der Waals surface area contributed by atoms with Crippen molar-refractivity contribution in [3.8, 4) is 0 Å². The summed E-state index contributed by atoms with van der Waals surface area (Å²) in [6.07, 6.45) is 4.07. The Morgan fingerprint density at radius 1 is 1.35 bits per heavy atom. The van der Waals surface area contributed by atoms with Crippen LogP contribution in [0, 0.1) is 12.8 Å². The molecule has 1 aliphatic rings. The Labute approximate surface area is 137 Å². The number of fused-ring (bicyclic) bond motifs is 1. The number of benzene rings is 1. The fourth-order valence-electron chi connectivity index (χ4n) is 3.38. The number of para-hydroxylation sites is 2. The fraction of sp³-hybridized carbons (Fsp3) is 0.556. The van der Waals surface area contributed by atoms with Crippen molar-refractivity contribution < 1.29 is 4.79 Å². The van der Waals surface area contributed by atoms with Crippen LogP contribution in [0.4, 0.5) is 0 Å². The number of aromatic nitrogens is 2. The molecule has 1 aliphatic heterocycles. The summed E-state index contributed by atoms with van der Waals surface area (Å²) in [4.78, 5) is 16.6. The summed E-state index contributed by atoms with van der Waals surface area (Å²) in [5, 5.41) is 6.41. The van der Waals surface area contributed by atoms with Gasteiger partial charge in [0.05, 0.1) is 11.0 Å². The van der Waals surface area contributed by atoms with Gasteiger partial charge in [0.1, 0.15) is 5.82 Å². The van der Waals surface area contributed by atoms with E-state index in [-0.39, 0.29) is 5.91 Å². The summed E-state index contributed by atoms with van der Waals surface area (Å²) in [6, 6.07) is 8.13. The van der Waals surface area contributed by atoms with E-state index in [1.54, 1.807) is 0 Å². The van der Waals surface area contributed by atoms with Crippen LogP contribution in [0.1, 0.15) is 31.5 Å². The Morgan fingerprint density at radius 3 is 2.96 bits per heavy atom. The van der Waals surface area contributed by atoms with Crippen molar-refractivity contribution in [1.82, 2.24) is 20.2 Å². The van der Waals surface area contributed by atoms with Crippen LogP contribution >= 0.6 is 0 Å². The molecule has 23 heavy (non-hydrogen) atoms. The number of amides is 1. The maximum Gasteiger partial charge on any atom is 0.220 e. The topological polar surface area (TPSA) is 59.0 Å². The third-order valence-corrected chi connectivity index (χ3v) is 4.74. The highest BCUT2D eigenvalue weighted by Crippen LogP contribution is 2.17. The number of hydrogen-bond donors (Lipinski definition) is 2. The molecule has 0 saturated carbocycles. The average molecular weight is 314 g/mol. The molecule has 2 N–H and O–H groups in total. The van der Waals surface area contributed by atoms with Crippen molar-refractivity contribution in [2.75, 3.05) is 19.6 Å². The molecule has 1 fully saturated rings. The highest BCUT2D eigenvalue weighted by molar-refractivity contribution is 5.76. The standard InChI is InChI=1S/C18H26N4O/c1-14-21-16-4-2-3-5-17(16)22(14)13-12-20-18(23)7-6-15-8-10-19-11-9-15/h2-5,15,19H,6-13H2,1H3,(H,20,23). The zero-order valence-corrected chi connectivity index (χ0v) is 13.8. The number of nitrogens with one attached hydrogen (secondary N) is 2. The van der Waals surface area contributed by atoms with Crippen molar-refractivity contribution in [1.29, 1.82) is 0 Å². The van der Waals surface area contributed by atoms with Crippen LogP contribution < -0.4 is 10.6 Å². The van der Waals surface area contributed by atoms with E-state index in [1.165, 1.54) is 12.8 Å². The van der Waals surface area contributed by atoms with Crippen molar-refractivity contribution in [2.45, 2.75) is 39.2 Å². The zero-order chi connectivity index (χ0) is 16.1. The van der Waals surface area contributed by atoms with E-state index in [0.29, 0.717) is 18.9 Å². The largest absolute Gasteiger partial charge is 0.354 e. The third-order valence-electron chi connectivity index (χ3n) is 4.74. The normalized spacial score (nSPS) is 15.9. The second kappa shape index (κ2) is 7.59. The number of nitrogens with zero attached hydrogens (tertiary/aromatic N) is 2. The van der Waals surface area contributed by atoms with Gasteiger partial charge in [-0.25, -0.2) is 4.98 Å². The van der Waals surface area contributed by atoms with Crippen LogP contribution in [0.2, 0.25) is 0 Å². The van der Waals surface area contributed by atoms with Crippen LogP contribution in [0.3, 0.4) is 0 Å². The summed E-state index contributed by atoms with van der Waals surface area (Å²) in [6.45, 7) is 5.63. The van der Waals surface area contributed by atoms with E-state index < -0.39 is 0 Å². The van der Waals surface area contributed by atoms with E-state index >= 15 is 0 Å². The molecule has 5 heteroatoms. The van der Waals surface area contributed by atoms with Gasteiger partial charge in [-0.1, -0.05) is 12.1 Å². The summed E-state index contributed by atoms with van der Waals surface area (Å²) in [7, 11) is 0. The molecule has 0 spiro atoms. The molecule has 124 valence electrons. The summed E-state index contributed by atoms with van der Waals surface area (Å²) >= 11 is 0. The van der Waals surface area contributed by atoms with Gasteiger partial charge < -0.3 is 15.2 Å². The van der Waals surface area contributed by atoms with Crippen LogP contribution in [0.25, 0.3) is 11.0 Å². The van der Waals surface area contributed by atoms with Crippen molar-refractivity contribution >= 4 is 16.9 Å². The highest BCUT2D eigenvalue weighted by Gasteiger charge is 2.14. The molecule has 0 aliphatic carbocycles. The van der Waals surface area contributed by atoms with Crippen molar-refractivity contribution in [3.05, 3.63) is 30.1 Å². The second-order valence-corrected chi connectivity index (χ2v) is 6.38. The first kappa shape index (κ1) is 16.0. The lowest BCUT2D eigenvalue weighted by Crippen LogP contribution is -2.30. The molecule has 1 aromatic carbocycles. The first-order valence-corrected chi connectivity index (χ1v) is 8.63. The Hall–Kier alpha value is -1.88. The minimum Gasteiger partial charge on any atom is -0.354 e. The van der Waals surface area contributed by atoms with Gasteiger partial charge in [0, 0.05) is 19.5 Å². The molecule has 0 bridgehead atoms. The maximum atomic E-state index is 12.0. The monoisotopic (exact) mass is 314 g/mol. The molecule has 1 aromatic heterocycles. The molecule has 2 aromatic rings. The quantitative estimate of drug-likeness (QED) is 0.860. The van der Waals surface area contributed by atoms with Gasteiger partial charge in [0.15, 0.2) is 0 Å². The Bertz CT molecular complexity index is 658. The van der Waals surface area contributed by atoms with Crippen LogP contribution in [-0.2, 0) is 11.3 Å². The predicted molar refractivity (Wildman–Crippen MR) is 92.3 cm³/mol. The molecule has 5 nitrogen and oxygen atoms in total. The number of hydrogen-bond acceptors (Lipinski definition) is 3. The van der Waals surface area contributed by atoms with Gasteiger partial charge in [0.25, 0.3) is 0 Å². The minimum atomic E-state index is 0.172. The third kappa shape index (κ3) is 4.10. The SMILES string of the molecule is Cc1nc2ccccc2n1CCNC(=O)CCC1CCNCC1. The maximum absolute atomic E-state index is 12.0. The lowest BCUT2D eigenvalue weighted by atomic mass is 9.93. The predicted octanol–water partition coefficient (Wildman–Crippen LogP) is 2.24. The molecule has 0 unspecified atom stereocenters. The van der Waals surface area contributed by atoms with Gasteiger partial charge >= 0.3 is 0 Å². The van der Waals surface area contributed by atoms with Gasteiger partial charge in [0.2, 0.25) is 5.91 Å². The van der Waals surface area contributed by atoms with E-state index in [0.717, 1.165) is 42.9 Å². The minimum absolute atomic E-state index is 0.172. The molecule has 0 atom stereocenters. The lowest BCUT2D eigenvalue weighted by Gasteiger charge is -2.22. The molecule has 1 saturated heterocycles. The number of rotatable bonds is 6. The van der Waals surface area contributed by atoms with Crippen molar-refractivity contribution in [2.24, 2.45) is 5.92 Å². The Kier molecular flexibility index (Phi) is 5.28. The van der Waals surface area contributed by atoms with E-state index in [4.69, 9.17) is 0 Å². The summed E-state index contributed by atoms with van der Waals surface area (Å²) < 4.78 is 2.17. The molecule has 0 radical (unpaired) electrons. The second-order valence-electron chi connectivity index (χ2n) is 6.38. The molecule has 2 heterocycles. The molecule has 3 rings (SSSR count). The van der Waals surface area contributed by atoms with Gasteiger partial charge in [-0.2, -0.15) is 0 Å². The van der Waals surface area contributed by atoms with Crippen LogP contribution in [0.15, 0.2) is 24.3 Å². The average Bonchev–Trinajstić information content (AvgIpc) is 2.90. The summed E-state index contributed by atoms with van der Waals surface area (Å²) in [5.74, 6) is 1.88. The molecular formula is C18H26N4O. The highest BCUT2D eigenvalue weighted by atomic mass is 16.1. The van der Waals surface area contributed by atoms with Gasteiger partial charge in [-0.05, 0) is 57.3 Å². The zero-order valence-electron chi connectivity index (χ0n) is 13.8.